The van der Waals surface area contributed by atoms with Crippen molar-refractivity contribution in [2.24, 2.45) is 0 Å². The van der Waals surface area contributed by atoms with E-state index in [0.29, 0.717) is 11.4 Å². The number of esters is 1. The van der Waals surface area contributed by atoms with Gasteiger partial charge in [0.05, 0.1) is 29.3 Å². The number of aryl methyl sites for hydroxylation is 1. The van der Waals surface area contributed by atoms with E-state index in [-0.39, 0.29) is 16.5 Å². The fraction of sp³-hybridized carbons (Fsp3) is 0.316. The monoisotopic (exact) mass is 411 g/mol. The maximum atomic E-state index is 13.2. The molecule has 0 bridgehead atoms. The number of carbonyl (C=O) groups excluding carboxylic acids is 1. The fourth-order valence-corrected chi connectivity index (χ4v) is 4.23. The number of nitrogens with zero attached hydrogens (tertiary/aromatic N) is 1. The number of ether oxygens (including phenoxy) is 2. The van der Waals surface area contributed by atoms with Gasteiger partial charge in [0.1, 0.15) is 12.3 Å². The van der Waals surface area contributed by atoms with Gasteiger partial charge in [0.15, 0.2) is 0 Å². The van der Waals surface area contributed by atoms with Gasteiger partial charge >= 0.3 is 5.97 Å². The van der Waals surface area contributed by atoms with E-state index in [1.165, 1.54) is 25.3 Å². The summed E-state index contributed by atoms with van der Waals surface area (Å²) in [5.74, 6) is -0.278. The molecule has 0 aliphatic carbocycles. The number of hydrogen-bond acceptors (Lipinski definition) is 5. The van der Waals surface area contributed by atoms with Gasteiger partial charge in [-0.1, -0.05) is 30.7 Å². The Kier molecular flexibility index (Phi) is 7.10. The molecule has 2 rings (SSSR count). The summed E-state index contributed by atoms with van der Waals surface area (Å²) in [5, 5.41) is 0.163. The molecule has 0 spiro atoms. The van der Waals surface area contributed by atoms with Gasteiger partial charge in [0, 0.05) is 0 Å². The van der Waals surface area contributed by atoms with Crippen LogP contribution in [0.15, 0.2) is 47.4 Å². The van der Waals surface area contributed by atoms with Crippen molar-refractivity contribution in [2.45, 2.75) is 25.2 Å². The summed E-state index contributed by atoms with van der Waals surface area (Å²) < 4.78 is 37.4. The van der Waals surface area contributed by atoms with Gasteiger partial charge in [-0.2, -0.15) is 0 Å². The van der Waals surface area contributed by atoms with Gasteiger partial charge in [0.25, 0.3) is 10.0 Å². The highest BCUT2D eigenvalue weighted by Crippen LogP contribution is 2.30. The third-order valence-electron chi connectivity index (χ3n) is 3.92. The van der Waals surface area contributed by atoms with Crippen LogP contribution in [-0.2, 0) is 26.0 Å². The van der Waals surface area contributed by atoms with Crippen molar-refractivity contribution in [3.05, 3.63) is 53.1 Å². The molecule has 0 unspecified atom stereocenters. The summed E-state index contributed by atoms with van der Waals surface area (Å²) in [5.41, 5.74) is 1.42. The normalized spacial score (nSPS) is 11.1. The number of sulfonamides is 1. The van der Waals surface area contributed by atoms with E-state index in [9.17, 15) is 13.2 Å². The maximum absolute atomic E-state index is 13.2. The Hall–Kier alpha value is -2.25. The van der Waals surface area contributed by atoms with Gasteiger partial charge in [0.2, 0.25) is 0 Å². The number of anilines is 1. The molecular weight excluding hydrogens is 390 g/mol. The van der Waals surface area contributed by atoms with Crippen molar-refractivity contribution >= 4 is 33.3 Å². The molecule has 0 atom stereocenters. The SMILES string of the molecule is CCOC(=O)CN(c1ccc(CC)cc1)S(=O)(=O)c1ccc(OC)c(Cl)c1. The molecule has 0 N–H and O–H groups in total. The minimum atomic E-state index is -4.04. The van der Waals surface area contributed by atoms with Crippen molar-refractivity contribution in [3.63, 3.8) is 0 Å². The highest BCUT2D eigenvalue weighted by Gasteiger charge is 2.28. The predicted molar refractivity (Wildman–Crippen MR) is 105 cm³/mol. The molecular formula is C19H22ClNO5S. The van der Waals surface area contributed by atoms with Gasteiger partial charge in [-0.15, -0.1) is 0 Å². The molecule has 0 amide bonds. The first kappa shape index (κ1) is 21.1. The van der Waals surface area contributed by atoms with Crippen molar-refractivity contribution in [3.8, 4) is 5.75 Å². The Labute approximate surface area is 164 Å². The Morgan fingerprint density at radius 1 is 1.11 bits per heavy atom. The molecule has 0 saturated carbocycles. The number of benzene rings is 2. The highest BCUT2D eigenvalue weighted by molar-refractivity contribution is 7.92. The summed E-state index contributed by atoms with van der Waals surface area (Å²) in [6, 6.07) is 11.1. The number of carbonyl (C=O) groups is 1. The van der Waals surface area contributed by atoms with Crippen LogP contribution in [0.2, 0.25) is 5.02 Å². The molecule has 6 nitrogen and oxygen atoms in total. The minimum Gasteiger partial charge on any atom is -0.495 e. The van der Waals surface area contributed by atoms with Crippen LogP contribution in [0.4, 0.5) is 5.69 Å². The molecule has 2 aromatic carbocycles. The number of hydrogen-bond donors (Lipinski definition) is 0. The standard InChI is InChI=1S/C19H22ClNO5S/c1-4-14-6-8-15(9-7-14)21(13-19(22)26-5-2)27(23,24)16-10-11-18(25-3)17(20)12-16/h6-12H,4-5,13H2,1-3H3. The number of halogens is 1. The maximum Gasteiger partial charge on any atom is 0.326 e. The van der Waals surface area contributed by atoms with Crippen molar-refractivity contribution < 1.29 is 22.7 Å². The molecule has 8 heteroatoms. The summed E-state index contributed by atoms with van der Waals surface area (Å²) in [6.07, 6.45) is 0.818. The second-order valence-electron chi connectivity index (χ2n) is 5.63. The second kappa shape index (κ2) is 9.10. The summed E-state index contributed by atoms with van der Waals surface area (Å²) in [4.78, 5) is 12.0. The minimum absolute atomic E-state index is 0.0443. The molecule has 0 aliphatic rings. The lowest BCUT2D eigenvalue weighted by atomic mass is 10.1. The molecule has 0 aliphatic heterocycles. The molecule has 27 heavy (non-hydrogen) atoms. The summed E-state index contributed by atoms with van der Waals surface area (Å²) in [7, 11) is -2.60. The van der Waals surface area contributed by atoms with Crippen LogP contribution < -0.4 is 9.04 Å². The van der Waals surface area contributed by atoms with Gasteiger partial charge in [-0.05, 0) is 49.2 Å². The quantitative estimate of drug-likeness (QED) is 0.619. The zero-order chi connectivity index (χ0) is 20.0. The first-order chi connectivity index (χ1) is 12.8. The van der Waals surface area contributed by atoms with Crippen LogP contribution in [-0.4, -0.2) is 34.6 Å². The molecule has 0 radical (unpaired) electrons. The van der Waals surface area contributed by atoms with E-state index in [1.807, 2.05) is 19.1 Å². The van der Waals surface area contributed by atoms with Crippen LogP contribution in [0, 0.1) is 0 Å². The number of methoxy groups -OCH3 is 1. The average Bonchev–Trinajstić information content (AvgIpc) is 2.66. The van der Waals surface area contributed by atoms with Crippen molar-refractivity contribution in [2.75, 3.05) is 24.6 Å². The van der Waals surface area contributed by atoms with Crippen LogP contribution in [0.1, 0.15) is 19.4 Å². The van der Waals surface area contributed by atoms with E-state index >= 15 is 0 Å². The Morgan fingerprint density at radius 3 is 2.30 bits per heavy atom. The summed E-state index contributed by atoms with van der Waals surface area (Å²) >= 11 is 6.08. The number of rotatable bonds is 8. The highest BCUT2D eigenvalue weighted by atomic mass is 35.5. The van der Waals surface area contributed by atoms with Gasteiger partial charge in [-0.25, -0.2) is 8.42 Å². The van der Waals surface area contributed by atoms with Crippen LogP contribution in [0.3, 0.4) is 0 Å². The van der Waals surface area contributed by atoms with Crippen LogP contribution >= 0.6 is 11.6 Å². The molecule has 146 valence electrons. The predicted octanol–water partition coefficient (Wildman–Crippen LogP) is 3.67. The molecule has 0 aromatic heterocycles. The van der Waals surface area contributed by atoms with E-state index in [2.05, 4.69) is 0 Å². The lowest BCUT2D eigenvalue weighted by Gasteiger charge is -2.24. The lowest BCUT2D eigenvalue weighted by molar-refractivity contribution is -0.141. The molecule has 0 heterocycles. The van der Waals surface area contributed by atoms with Crippen LogP contribution in [0.25, 0.3) is 0 Å². The Morgan fingerprint density at radius 2 is 1.78 bits per heavy atom. The second-order valence-corrected chi connectivity index (χ2v) is 7.90. The van der Waals surface area contributed by atoms with E-state index in [4.69, 9.17) is 21.1 Å². The van der Waals surface area contributed by atoms with E-state index < -0.39 is 22.5 Å². The fourth-order valence-electron chi connectivity index (χ4n) is 2.47. The third kappa shape index (κ3) is 4.93. The average molecular weight is 412 g/mol. The first-order valence-corrected chi connectivity index (χ1v) is 10.3. The van der Waals surface area contributed by atoms with E-state index in [1.54, 1.807) is 19.1 Å². The Balaban J connectivity index is 2.49. The Bertz CT molecular complexity index is 897. The molecule has 0 saturated heterocycles. The first-order valence-electron chi connectivity index (χ1n) is 8.44. The smallest absolute Gasteiger partial charge is 0.326 e. The van der Waals surface area contributed by atoms with Gasteiger partial charge in [-0.3, -0.25) is 9.10 Å². The third-order valence-corrected chi connectivity index (χ3v) is 5.99. The zero-order valence-corrected chi connectivity index (χ0v) is 17.0. The van der Waals surface area contributed by atoms with Crippen molar-refractivity contribution in [1.82, 2.24) is 0 Å². The molecule has 2 aromatic rings. The molecule has 0 fully saturated rings. The van der Waals surface area contributed by atoms with Gasteiger partial charge < -0.3 is 9.47 Å². The zero-order valence-electron chi connectivity index (χ0n) is 15.4. The van der Waals surface area contributed by atoms with Crippen LogP contribution in [0.5, 0.6) is 5.75 Å². The largest absolute Gasteiger partial charge is 0.495 e. The summed E-state index contributed by atoms with van der Waals surface area (Å²) in [6.45, 7) is 3.39. The van der Waals surface area contributed by atoms with Crippen molar-refractivity contribution in [1.29, 1.82) is 0 Å². The topological polar surface area (TPSA) is 72.9 Å². The van der Waals surface area contributed by atoms with E-state index in [0.717, 1.165) is 16.3 Å². The lowest BCUT2D eigenvalue weighted by Crippen LogP contribution is -2.36.